The van der Waals surface area contributed by atoms with Crippen LogP contribution in [0.4, 0.5) is 11.5 Å². The lowest BCUT2D eigenvalue weighted by molar-refractivity contribution is 0.449. The van der Waals surface area contributed by atoms with E-state index in [2.05, 4.69) is 45.6 Å². The van der Waals surface area contributed by atoms with E-state index in [4.69, 9.17) is 0 Å². The molecule has 2 heterocycles. The van der Waals surface area contributed by atoms with Crippen LogP contribution in [-0.2, 0) is 0 Å². The maximum atomic E-state index is 4.25. The van der Waals surface area contributed by atoms with Crippen LogP contribution >= 0.6 is 0 Å². The Labute approximate surface area is 127 Å². The zero-order valence-electron chi connectivity index (χ0n) is 13.3. The largest absolute Gasteiger partial charge is 0.367 e. The van der Waals surface area contributed by atoms with Gasteiger partial charge in [0, 0.05) is 31.2 Å². The van der Waals surface area contributed by atoms with Gasteiger partial charge in [-0.2, -0.15) is 5.10 Å². The number of nitrogens with zero attached hydrogens (tertiary/aromatic N) is 3. The first-order chi connectivity index (χ1) is 10.2. The average Bonchev–Trinajstić information content (AvgIpc) is 2.85. The highest BCUT2D eigenvalue weighted by molar-refractivity contribution is 5.54. The van der Waals surface area contributed by atoms with Gasteiger partial charge in [0.2, 0.25) is 0 Å². The van der Waals surface area contributed by atoms with Crippen molar-refractivity contribution in [3.05, 3.63) is 12.3 Å². The van der Waals surface area contributed by atoms with E-state index in [0.717, 1.165) is 30.7 Å². The summed E-state index contributed by atoms with van der Waals surface area (Å²) in [7, 11) is 2.02. The van der Waals surface area contributed by atoms with Gasteiger partial charge in [0.25, 0.3) is 0 Å². The molecule has 116 valence electrons. The molecule has 0 bridgehead atoms. The summed E-state index contributed by atoms with van der Waals surface area (Å²) in [5.41, 5.74) is 1.17. The van der Waals surface area contributed by atoms with Crippen molar-refractivity contribution in [2.75, 3.05) is 30.4 Å². The molecular formula is C16H27N5. The van der Waals surface area contributed by atoms with E-state index in [-0.39, 0.29) is 0 Å². The van der Waals surface area contributed by atoms with E-state index < -0.39 is 0 Å². The molecule has 1 aliphatic carbocycles. The standard InChI is InChI=1S/C16H27N5/c1-11-4-5-13(6-11)12(2)19-16-7-15(8-18-20-16)21-9-14(10-21)17-3/h7-8,11-14,17H,4-6,9-10H2,1-3H3,(H,19,20). The summed E-state index contributed by atoms with van der Waals surface area (Å²) in [6.07, 6.45) is 5.89. The van der Waals surface area contributed by atoms with Crippen molar-refractivity contribution in [1.29, 1.82) is 0 Å². The molecule has 1 aromatic heterocycles. The fraction of sp³-hybridized carbons (Fsp3) is 0.750. The lowest BCUT2D eigenvalue weighted by Crippen LogP contribution is -2.57. The summed E-state index contributed by atoms with van der Waals surface area (Å²) < 4.78 is 0. The predicted molar refractivity (Wildman–Crippen MR) is 86.7 cm³/mol. The van der Waals surface area contributed by atoms with E-state index in [9.17, 15) is 0 Å². The Kier molecular flexibility index (Phi) is 4.29. The highest BCUT2D eigenvalue weighted by Crippen LogP contribution is 2.33. The molecule has 3 unspecified atom stereocenters. The molecule has 2 fully saturated rings. The quantitative estimate of drug-likeness (QED) is 0.869. The van der Waals surface area contributed by atoms with Crippen LogP contribution in [0.25, 0.3) is 0 Å². The second kappa shape index (κ2) is 6.18. The summed E-state index contributed by atoms with van der Waals surface area (Å²) in [6.45, 7) is 6.74. The minimum Gasteiger partial charge on any atom is -0.367 e. The molecule has 5 heteroatoms. The maximum Gasteiger partial charge on any atom is 0.150 e. The summed E-state index contributed by atoms with van der Waals surface area (Å²) in [6, 6.07) is 3.21. The Hall–Kier alpha value is -1.36. The van der Waals surface area contributed by atoms with Gasteiger partial charge in [-0.15, -0.1) is 5.10 Å². The maximum absolute atomic E-state index is 4.25. The number of rotatable bonds is 5. The Morgan fingerprint density at radius 3 is 2.81 bits per heavy atom. The first-order valence-electron chi connectivity index (χ1n) is 8.17. The van der Waals surface area contributed by atoms with Crippen molar-refractivity contribution in [2.24, 2.45) is 11.8 Å². The normalized spacial score (nSPS) is 27.5. The third-order valence-corrected chi connectivity index (χ3v) is 5.11. The molecule has 1 aromatic rings. The highest BCUT2D eigenvalue weighted by atomic mass is 15.3. The van der Waals surface area contributed by atoms with Gasteiger partial charge < -0.3 is 15.5 Å². The molecule has 0 radical (unpaired) electrons. The van der Waals surface area contributed by atoms with E-state index in [1.54, 1.807) is 0 Å². The van der Waals surface area contributed by atoms with Crippen molar-refractivity contribution in [2.45, 2.75) is 45.2 Å². The van der Waals surface area contributed by atoms with Crippen LogP contribution in [0.5, 0.6) is 0 Å². The second-order valence-electron chi connectivity index (χ2n) is 6.80. The summed E-state index contributed by atoms with van der Waals surface area (Å²) in [5.74, 6) is 2.55. The lowest BCUT2D eigenvalue weighted by Gasteiger charge is -2.40. The summed E-state index contributed by atoms with van der Waals surface area (Å²) >= 11 is 0. The number of likely N-dealkylation sites (N-methyl/N-ethyl adjacent to an activating group) is 1. The van der Waals surface area contributed by atoms with Gasteiger partial charge in [-0.05, 0) is 38.6 Å². The first-order valence-corrected chi connectivity index (χ1v) is 8.17. The Morgan fingerprint density at radius 2 is 2.14 bits per heavy atom. The van der Waals surface area contributed by atoms with Gasteiger partial charge in [-0.1, -0.05) is 13.3 Å². The van der Waals surface area contributed by atoms with Gasteiger partial charge >= 0.3 is 0 Å². The molecule has 21 heavy (non-hydrogen) atoms. The van der Waals surface area contributed by atoms with E-state index in [1.807, 2.05) is 13.2 Å². The first kappa shape index (κ1) is 14.6. The van der Waals surface area contributed by atoms with Gasteiger partial charge in [-0.3, -0.25) is 0 Å². The van der Waals surface area contributed by atoms with Crippen LogP contribution < -0.4 is 15.5 Å². The van der Waals surface area contributed by atoms with Crippen LogP contribution in [0, 0.1) is 11.8 Å². The Bertz CT molecular complexity index is 471. The molecule has 2 N–H and O–H groups in total. The molecule has 1 aliphatic heterocycles. The summed E-state index contributed by atoms with van der Waals surface area (Å²) in [4.78, 5) is 2.34. The topological polar surface area (TPSA) is 53.1 Å². The summed E-state index contributed by atoms with van der Waals surface area (Å²) in [5, 5.41) is 15.3. The number of nitrogens with one attached hydrogen (secondary N) is 2. The van der Waals surface area contributed by atoms with Gasteiger partial charge in [-0.25, -0.2) is 0 Å². The molecule has 2 aliphatic rings. The van der Waals surface area contributed by atoms with Crippen molar-refractivity contribution in [1.82, 2.24) is 15.5 Å². The molecule has 0 spiro atoms. The fourth-order valence-corrected chi connectivity index (χ4v) is 3.53. The predicted octanol–water partition coefficient (Wildman–Crippen LogP) is 2.12. The number of aromatic nitrogens is 2. The zero-order chi connectivity index (χ0) is 14.8. The van der Waals surface area contributed by atoms with E-state index >= 15 is 0 Å². The molecule has 1 saturated heterocycles. The van der Waals surface area contributed by atoms with Crippen LogP contribution in [0.3, 0.4) is 0 Å². The van der Waals surface area contributed by atoms with Crippen LogP contribution in [-0.4, -0.2) is 42.4 Å². The van der Waals surface area contributed by atoms with Crippen LogP contribution in [0.2, 0.25) is 0 Å². The Balaban J connectivity index is 1.58. The molecule has 3 atom stereocenters. The average molecular weight is 289 g/mol. The van der Waals surface area contributed by atoms with E-state index in [1.165, 1.54) is 24.9 Å². The number of hydrogen-bond acceptors (Lipinski definition) is 5. The molecular weight excluding hydrogens is 262 g/mol. The monoisotopic (exact) mass is 289 g/mol. The smallest absolute Gasteiger partial charge is 0.150 e. The van der Waals surface area contributed by atoms with E-state index in [0.29, 0.717) is 12.1 Å². The van der Waals surface area contributed by atoms with Gasteiger partial charge in [0.05, 0.1) is 11.9 Å². The van der Waals surface area contributed by atoms with Crippen LogP contribution in [0.1, 0.15) is 33.1 Å². The van der Waals surface area contributed by atoms with Crippen molar-refractivity contribution < 1.29 is 0 Å². The highest BCUT2D eigenvalue weighted by Gasteiger charge is 2.28. The zero-order valence-corrected chi connectivity index (χ0v) is 13.3. The number of anilines is 2. The van der Waals surface area contributed by atoms with Gasteiger partial charge in [0.1, 0.15) is 0 Å². The number of hydrogen-bond donors (Lipinski definition) is 2. The van der Waals surface area contributed by atoms with Crippen molar-refractivity contribution in [3.8, 4) is 0 Å². The molecule has 0 aromatic carbocycles. The molecule has 1 saturated carbocycles. The third-order valence-electron chi connectivity index (χ3n) is 5.11. The minimum absolute atomic E-state index is 0.473. The van der Waals surface area contributed by atoms with Crippen molar-refractivity contribution in [3.63, 3.8) is 0 Å². The Morgan fingerprint density at radius 1 is 1.33 bits per heavy atom. The molecule has 5 nitrogen and oxygen atoms in total. The third kappa shape index (κ3) is 3.28. The SMILES string of the molecule is CNC1CN(c2cnnc(NC(C)C3CCC(C)C3)c2)C1. The molecule has 3 rings (SSSR count). The second-order valence-corrected chi connectivity index (χ2v) is 6.80. The van der Waals surface area contributed by atoms with Gasteiger partial charge in [0.15, 0.2) is 5.82 Å². The molecule has 0 amide bonds. The lowest BCUT2D eigenvalue weighted by atomic mass is 9.98. The fourth-order valence-electron chi connectivity index (χ4n) is 3.53. The van der Waals surface area contributed by atoms with Crippen molar-refractivity contribution >= 4 is 11.5 Å². The van der Waals surface area contributed by atoms with Crippen LogP contribution in [0.15, 0.2) is 12.3 Å². The minimum atomic E-state index is 0.473.